The van der Waals surface area contributed by atoms with Gasteiger partial charge in [-0.1, -0.05) is 6.07 Å². The predicted molar refractivity (Wildman–Crippen MR) is 104 cm³/mol. The van der Waals surface area contributed by atoms with Gasteiger partial charge in [0.1, 0.15) is 23.4 Å². The lowest BCUT2D eigenvalue weighted by atomic mass is 10.1. The minimum atomic E-state index is -0.655. The van der Waals surface area contributed by atoms with Gasteiger partial charge in [0.2, 0.25) is 0 Å². The van der Waals surface area contributed by atoms with Crippen molar-refractivity contribution in [3.63, 3.8) is 0 Å². The summed E-state index contributed by atoms with van der Waals surface area (Å²) in [6.07, 6.45) is 1.87. The molecule has 0 saturated carbocycles. The zero-order valence-corrected chi connectivity index (χ0v) is 15.7. The number of H-pyrrole nitrogens is 1. The number of hydrogen-bond donors (Lipinski definition) is 1. The predicted octanol–water partition coefficient (Wildman–Crippen LogP) is 3.82. The van der Waals surface area contributed by atoms with Gasteiger partial charge in [0, 0.05) is 29.8 Å². The molecular formula is C21H16FN5O2. The minimum absolute atomic E-state index is 0.0619. The topological polar surface area (TPSA) is 96.6 Å². The fourth-order valence-electron chi connectivity index (χ4n) is 3.12. The summed E-state index contributed by atoms with van der Waals surface area (Å²) in [6, 6.07) is 11.5. The first kappa shape index (κ1) is 18.4. The number of carbonyl (C=O) groups is 1. The van der Waals surface area contributed by atoms with E-state index in [2.05, 4.69) is 15.1 Å². The summed E-state index contributed by atoms with van der Waals surface area (Å²) in [7, 11) is 1.83. The Balaban J connectivity index is 1.86. The van der Waals surface area contributed by atoms with Crippen molar-refractivity contribution >= 4 is 16.9 Å². The molecule has 0 amide bonds. The number of esters is 1. The van der Waals surface area contributed by atoms with Crippen molar-refractivity contribution in [1.29, 1.82) is 5.26 Å². The van der Waals surface area contributed by atoms with E-state index in [1.54, 1.807) is 23.7 Å². The highest BCUT2D eigenvalue weighted by Gasteiger charge is 2.21. The number of nitrogens with zero attached hydrogens (tertiary/aromatic N) is 4. The number of hydrogen-bond acceptors (Lipinski definition) is 5. The number of benzene rings is 2. The van der Waals surface area contributed by atoms with Gasteiger partial charge < -0.3 is 9.72 Å². The third-order valence-corrected chi connectivity index (χ3v) is 4.44. The van der Waals surface area contributed by atoms with E-state index in [0.29, 0.717) is 22.6 Å². The Kier molecular flexibility index (Phi) is 4.56. The maximum absolute atomic E-state index is 14.1. The second-order valence-electron chi connectivity index (χ2n) is 6.41. The van der Waals surface area contributed by atoms with Crippen LogP contribution in [0.4, 0.5) is 4.39 Å². The van der Waals surface area contributed by atoms with Crippen molar-refractivity contribution in [3.05, 3.63) is 59.7 Å². The summed E-state index contributed by atoms with van der Waals surface area (Å²) in [4.78, 5) is 20.0. The van der Waals surface area contributed by atoms with Crippen LogP contribution in [0.3, 0.4) is 0 Å². The molecule has 1 N–H and O–H groups in total. The van der Waals surface area contributed by atoms with Gasteiger partial charge in [-0.15, -0.1) is 0 Å². The van der Waals surface area contributed by atoms with Gasteiger partial charge in [-0.2, -0.15) is 10.4 Å². The lowest BCUT2D eigenvalue weighted by molar-refractivity contribution is 0.0521. The number of fused-ring (bicyclic) bond motifs is 1. The lowest BCUT2D eigenvalue weighted by Crippen LogP contribution is -2.06. The van der Waals surface area contributed by atoms with Crippen molar-refractivity contribution in [3.8, 4) is 28.7 Å². The van der Waals surface area contributed by atoms with Crippen LogP contribution in [-0.4, -0.2) is 32.3 Å². The molecule has 7 nitrogen and oxygen atoms in total. The van der Waals surface area contributed by atoms with Crippen LogP contribution in [0.1, 0.15) is 23.0 Å². The van der Waals surface area contributed by atoms with E-state index in [0.717, 1.165) is 10.9 Å². The van der Waals surface area contributed by atoms with Gasteiger partial charge in [-0.25, -0.2) is 14.2 Å². The van der Waals surface area contributed by atoms with Crippen LogP contribution in [0.5, 0.6) is 0 Å². The van der Waals surface area contributed by atoms with E-state index in [-0.39, 0.29) is 17.9 Å². The van der Waals surface area contributed by atoms with Crippen LogP contribution < -0.4 is 0 Å². The molecule has 2 heterocycles. The summed E-state index contributed by atoms with van der Waals surface area (Å²) in [5.41, 5.74) is 2.45. The Morgan fingerprint density at radius 2 is 2.07 bits per heavy atom. The van der Waals surface area contributed by atoms with Crippen LogP contribution in [-0.2, 0) is 11.8 Å². The monoisotopic (exact) mass is 389 g/mol. The van der Waals surface area contributed by atoms with Crippen LogP contribution >= 0.6 is 0 Å². The Bertz CT molecular complexity index is 1280. The number of imidazole rings is 1. The maximum atomic E-state index is 14.1. The number of rotatable bonds is 4. The van der Waals surface area contributed by atoms with E-state index in [1.165, 1.54) is 12.1 Å². The molecule has 0 spiro atoms. The molecule has 2 aromatic carbocycles. The first-order chi connectivity index (χ1) is 14.0. The molecule has 0 bridgehead atoms. The minimum Gasteiger partial charge on any atom is -0.461 e. The van der Waals surface area contributed by atoms with E-state index < -0.39 is 11.8 Å². The van der Waals surface area contributed by atoms with E-state index in [1.807, 2.05) is 31.4 Å². The summed E-state index contributed by atoms with van der Waals surface area (Å²) < 4.78 is 20.9. The molecule has 0 aliphatic carbocycles. The third-order valence-electron chi connectivity index (χ3n) is 4.44. The average Bonchev–Trinajstić information content (AvgIpc) is 3.30. The highest BCUT2D eigenvalue weighted by Crippen LogP contribution is 2.29. The molecule has 2 aromatic heterocycles. The average molecular weight is 389 g/mol. The zero-order valence-electron chi connectivity index (χ0n) is 15.7. The van der Waals surface area contributed by atoms with Gasteiger partial charge in [0.25, 0.3) is 0 Å². The Hall–Kier alpha value is -3.99. The van der Waals surface area contributed by atoms with Crippen LogP contribution in [0.15, 0.2) is 42.6 Å². The molecular weight excluding hydrogens is 373 g/mol. The number of aromatic amines is 1. The summed E-state index contributed by atoms with van der Waals surface area (Å²) >= 11 is 0. The van der Waals surface area contributed by atoms with Crippen molar-refractivity contribution < 1.29 is 13.9 Å². The Labute approximate surface area is 165 Å². The first-order valence-corrected chi connectivity index (χ1v) is 8.91. The standard InChI is InChI=1S/C21H16FN5O2/c1-3-29-21(28)19-18(12-6-7-17-15(8-12)11-27(2)26-17)24-20(25-19)13-4-5-14(10-23)16(22)9-13/h4-9,11H,3H2,1-2H3,(H,24,25). The molecule has 0 fully saturated rings. The van der Waals surface area contributed by atoms with Crippen molar-refractivity contribution in [2.75, 3.05) is 6.61 Å². The molecule has 144 valence electrons. The van der Waals surface area contributed by atoms with E-state index >= 15 is 0 Å². The second-order valence-corrected chi connectivity index (χ2v) is 6.41. The SMILES string of the molecule is CCOC(=O)c1[nH]c(-c2ccc(C#N)c(F)c2)nc1-c1ccc2nn(C)cc2c1. The molecule has 0 atom stereocenters. The molecule has 0 saturated heterocycles. The molecule has 0 radical (unpaired) electrons. The summed E-state index contributed by atoms with van der Waals surface area (Å²) in [5, 5.41) is 14.2. The highest BCUT2D eigenvalue weighted by molar-refractivity contribution is 5.96. The number of aromatic nitrogens is 4. The summed E-state index contributed by atoms with van der Waals surface area (Å²) in [6.45, 7) is 1.92. The molecule has 8 heteroatoms. The molecule has 0 unspecified atom stereocenters. The van der Waals surface area contributed by atoms with Crippen LogP contribution in [0.2, 0.25) is 0 Å². The lowest BCUT2D eigenvalue weighted by Gasteiger charge is -2.02. The zero-order chi connectivity index (χ0) is 20.5. The smallest absolute Gasteiger partial charge is 0.357 e. The maximum Gasteiger partial charge on any atom is 0.357 e. The molecule has 4 aromatic rings. The number of halogens is 1. The Morgan fingerprint density at radius 1 is 1.28 bits per heavy atom. The van der Waals surface area contributed by atoms with E-state index in [9.17, 15) is 9.18 Å². The number of nitriles is 1. The normalized spacial score (nSPS) is 10.8. The highest BCUT2D eigenvalue weighted by atomic mass is 19.1. The second kappa shape index (κ2) is 7.20. The van der Waals surface area contributed by atoms with Crippen LogP contribution in [0, 0.1) is 17.1 Å². The van der Waals surface area contributed by atoms with Crippen LogP contribution in [0.25, 0.3) is 33.5 Å². The molecule has 29 heavy (non-hydrogen) atoms. The van der Waals surface area contributed by atoms with Gasteiger partial charge >= 0.3 is 5.97 Å². The molecule has 0 aliphatic heterocycles. The third kappa shape index (κ3) is 3.34. The quantitative estimate of drug-likeness (QED) is 0.535. The van der Waals surface area contributed by atoms with Gasteiger partial charge in [-0.3, -0.25) is 4.68 Å². The number of nitrogens with one attached hydrogen (secondary N) is 1. The van der Waals surface area contributed by atoms with Crippen molar-refractivity contribution in [2.24, 2.45) is 7.05 Å². The Morgan fingerprint density at radius 3 is 2.79 bits per heavy atom. The number of ether oxygens (including phenoxy) is 1. The largest absolute Gasteiger partial charge is 0.461 e. The van der Waals surface area contributed by atoms with Crippen molar-refractivity contribution in [1.82, 2.24) is 19.7 Å². The summed E-state index contributed by atoms with van der Waals surface area (Å²) in [5.74, 6) is -0.906. The first-order valence-electron chi connectivity index (χ1n) is 8.91. The number of carbonyl (C=O) groups excluding carboxylic acids is 1. The fraction of sp³-hybridized carbons (Fsp3) is 0.143. The van der Waals surface area contributed by atoms with Gasteiger partial charge in [-0.05, 0) is 37.3 Å². The number of aryl methyl sites for hydroxylation is 1. The van der Waals surface area contributed by atoms with E-state index in [4.69, 9.17) is 10.00 Å². The van der Waals surface area contributed by atoms with Crippen molar-refractivity contribution in [2.45, 2.75) is 6.92 Å². The fourth-order valence-corrected chi connectivity index (χ4v) is 3.12. The van der Waals surface area contributed by atoms with Gasteiger partial charge in [0.15, 0.2) is 5.69 Å². The molecule has 4 rings (SSSR count). The van der Waals surface area contributed by atoms with Gasteiger partial charge in [0.05, 0.1) is 17.7 Å². The molecule has 0 aliphatic rings.